The third kappa shape index (κ3) is 2.47. The first-order valence-electron chi connectivity index (χ1n) is 6.29. The molecule has 1 aromatic rings. The molecule has 0 radical (unpaired) electrons. The number of nitrogens with one attached hydrogen (secondary N) is 1. The third-order valence-corrected chi connectivity index (χ3v) is 3.19. The van der Waals surface area contributed by atoms with E-state index in [1.165, 1.54) is 11.9 Å². The Balaban J connectivity index is 1.64. The monoisotopic (exact) mass is 291 g/mol. The summed E-state index contributed by atoms with van der Waals surface area (Å²) in [5, 5.41) is 2.62. The highest BCUT2D eigenvalue weighted by molar-refractivity contribution is 6.06. The van der Waals surface area contributed by atoms with Gasteiger partial charge in [-0.3, -0.25) is 14.5 Å². The Hall–Kier alpha value is -2.77. The van der Waals surface area contributed by atoms with E-state index in [9.17, 15) is 14.4 Å². The van der Waals surface area contributed by atoms with E-state index >= 15 is 0 Å². The summed E-state index contributed by atoms with van der Waals surface area (Å²) in [5.74, 6) is 0.314. The van der Waals surface area contributed by atoms with Crippen molar-refractivity contribution in [3.8, 4) is 11.5 Å². The van der Waals surface area contributed by atoms with Crippen LogP contribution in [0.2, 0.25) is 0 Å². The lowest BCUT2D eigenvalue weighted by atomic mass is 10.2. The SMILES string of the molecule is CN1CC(=O)N(CC(=O)Nc2ccc3c(c2)OCO3)C1=O. The number of ether oxygens (including phenoxy) is 2. The predicted octanol–water partition coefficient (Wildman–Crippen LogP) is 0.248. The lowest BCUT2D eigenvalue weighted by molar-refractivity contribution is -0.129. The summed E-state index contributed by atoms with van der Waals surface area (Å²) in [6, 6.07) is 4.49. The number of hydrogen-bond acceptors (Lipinski definition) is 5. The molecule has 1 N–H and O–H groups in total. The number of anilines is 1. The zero-order valence-electron chi connectivity index (χ0n) is 11.3. The van der Waals surface area contributed by atoms with Gasteiger partial charge in [-0.05, 0) is 12.1 Å². The van der Waals surface area contributed by atoms with Crippen LogP contribution in [0.15, 0.2) is 18.2 Å². The van der Waals surface area contributed by atoms with Gasteiger partial charge < -0.3 is 19.7 Å². The maximum atomic E-state index is 11.9. The van der Waals surface area contributed by atoms with Crippen LogP contribution in [0.5, 0.6) is 11.5 Å². The van der Waals surface area contributed by atoms with Gasteiger partial charge in [0, 0.05) is 18.8 Å². The number of benzene rings is 1. The fourth-order valence-electron chi connectivity index (χ4n) is 2.14. The van der Waals surface area contributed by atoms with Gasteiger partial charge in [-0.15, -0.1) is 0 Å². The lowest BCUT2D eigenvalue weighted by Gasteiger charge is -2.14. The number of fused-ring (bicyclic) bond motifs is 1. The number of hydrogen-bond donors (Lipinski definition) is 1. The van der Waals surface area contributed by atoms with Gasteiger partial charge >= 0.3 is 6.03 Å². The molecule has 0 bridgehead atoms. The third-order valence-electron chi connectivity index (χ3n) is 3.19. The van der Waals surface area contributed by atoms with Crippen LogP contribution in [0.3, 0.4) is 0 Å². The van der Waals surface area contributed by atoms with Crippen molar-refractivity contribution < 1.29 is 23.9 Å². The smallest absolute Gasteiger partial charge is 0.327 e. The van der Waals surface area contributed by atoms with Gasteiger partial charge in [-0.1, -0.05) is 0 Å². The summed E-state index contributed by atoms with van der Waals surface area (Å²) >= 11 is 0. The lowest BCUT2D eigenvalue weighted by Crippen LogP contribution is -2.38. The van der Waals surface area contributed by atoms with Crippen molar-refractivity contribution in [1.82, 2.24) is 9.80 Å². The molecule has 8 heteroatoms. The molecular formula is C13H13N3O5. The quantitative estimate of drug-likeness (QED) is 0.806. The van der Waals surface area contributed by atoms with Crippen LogP contribution in [0.4, 0.5) is 10.5 Å². The van der Waals surface area contributed by atoms with E-state index in [0.717, 1.165) is 4.90 Å². The van der Waals surface area contributed by atoms with Crippen LogP contribution in [-0.2, 0) is 9.59 Å². The molecule has 0 aliphatic carbocycles. The van der Waals surface area contributed by atoms with E-state index in [0.29, 0.717) is 17.2 Å². The van der Waals surface area contributed by atoms with Gasteiger partial charge in [0.15, 0.2) is 11.5 Å². The molecule has 21 heavy (non-hydrogen) atoms. The number of likely N-dealkylation sites (N-methyl/N-ethyl adjacent to an activating group) is 1. The summed E-state index contributed by atoms with van der Waals surface area (Å²) in [6.07, 6.45) is 0. The number of carbonyl (C=O) groups excluding carboxylic acids is 3. The predicted molar refractivity (Wildman–Crippen MR) is 70.9 cm³/mol. The molecule has 2 heterocycles. The van der Waals surface area contributed by atoms with Crippen LogP contribution >= 0.6 is 0 Å². The summed E-state index contributed by atoms with van der Waals surface area (Å²) in [5.41, 5.74) is 0.511. The second kappa shape index (κ2) is 4.97. The number of imide groups is 1. The van der Waals surface area contributed by atoms with E-state index in [1.807, 2.05) is 0 Å². The van der Waals surface area contributed by atoms with Crippen molar-refractivity contribution >= 4 is 23.5 Å². The van der Waals surface area contributed by atoms with Crippen LogP contribution in [0, 0.1) is 0 Å². The second-order valence-electron chi connectivity index (χ2n) is 4.73. The zero-order chi connectivity index (χ0) is 15.0. The van der Waals surface area contributed by atoms with Gasteiger partial charge in [0.05, 0.1) is 0 Å². The molecular weight excluding hydrogens is 278 g/mol. The van der Waals surface area contributed by atoms with Crippen molar-refractivity contribution in [1.29, 1.82) is 0 Å². The Bertz CT molecular complexity index is 630. The Labute approximate surface area is 120 Å². The second-order valence-corrected chi connectivity index (χ2v) is 4.73. The molecule has 0 spiro atoms. The molecule has 0 aromatic heterocycles. The van der Waals surface area contributed by atoms with Crippen molar-refractivity contribution in [2.45, 2.75) is 0 Å². The van der Waals surface area contributed by atoms with Gasteiger partial charge in [-0.2, -0.15) is 0 Å². The van der Waals surface area contributed by atoms with Gasteiger partial charge in [-0.25, -0.2) is 4.79 Å². The molecule has 0 atom stereocenters. The molecule has 1 saturated heterocycles. The number of carbonyl (C=O) groups is 3. The number of rotatable bonds is 3. The molecule has 3 rings (SSSR count). The molecule has 4 amide bonds. The van der Waals surface area contributed by atoms with Crippen molar-refractivity contribution in [3.63, 3.8) is 0 Å². The highest BCUT2D eigenvalue weighted by atomic mass is 16.7. The standard InChI is InChI=1S/C13H13N3O5/c1-15-6-12(18)16(13(15)19)5-11(17)14-8-2-3-9-10(4-8)21-7-20-9/h2-4H,5-7H2,1H3,(H,14,17). The normalized spacial score (nSPS) is 16.6. The molecule has 1 aromatic carbocycles. The molecule has 0 unspecified atom stereocenters. The Morgan fingerprint density at radius 3 is 2.76 bits per heavy atom. The maximum absolute atomic E-state index is 11.9. The van der Waals surface area contributed by atoms with Crippen LogP contribution < -0.4 is 14.8 Å². The van der Waals surface area contributed by atoms with E-state index in [2.05, 4.69) is 5.32 Å². The molecule has 8 nitrogen and oxygen atoms in total. The van der Waals surface area contributed by atoms with Crippen LogP contribution in [-0.4, -0.2) is 54.6 Å². The minimum Gasteiger partial charge on any atom is -0.454 e. The van der Waals surface area contributed by atoms with Crippen molar-refractivity contribution in [2.24, 2.45) is 0 Å². The zero-order valence-corrected chi connectivity index (χ0v) is 11.3. The highest BCUT2D eigenvalue weighted by Crippen LogP contribution is 2.34. The Kier molecular flexibility index (Phi) is 3.13. The maximum Gasteiger partial charge on any atom is 0.327 e. The number of urea groups is 1. The van der Waals surface area contributed by atoms with Gasteiger partial charge in [0.1, 0.15) is 13.1 Å². The molecule has 110 valence electrons. The average molecular weight is 291 g/mol. The van der Waals surface area contributed by atoms with Crippen molar-refractivity contribution in [2.75, 3.05) is 32.2 Å². The highest BCUT2D eigenvalue weighted by Gasteiger charge is 2.34. The van der Waals surface area contributed by atoms with E-state index in [-0.39, 0.29) is 25.8 Å². The fourth-order valence-corrected chi connectivity index (χ4v) is 2.14. The molecule has 1 fully saturated rings. The topological polar surface area (TPSA) is 88.2 Å². The summed E-state index contributed by atoms with van der Waals surface area (Å²) in [4.78, 5) is 37.4. The molecule has 2 aliphatic heterocycles. The Morgan fingerprint density at radius 2 is 2.05 bits per heavy atom. The number of amides is 4. The molecule has 2 aliphatic rings. The first-order chi connectivity index (χ1) is 10.0. The van der Waals surface area contributed by atoms with E-state index in [1.54, 1.807) is 18.2 Å². The summed E-state index contributed by atoms with van der Waals surface area (Å²) < 4.78 is 10.4. The first-order valence-corrected chi connectivity index (χ1v) is 6.29. The minimum atomic E-state index is -0.471. The minimum absolute atomic E-state index is 0.00383. The summed E-state index contributed by atoms with van der Waals surface area (Å²) in [6.45, 7) is -0.164. The van der Waals surface area contributed by atoms with Crippen LogP contribution in [0.25, 0.3) is 0 Å². The van der Waals surface area contributed by atoms with E-state index in [4.69, 9.17) is 9.47 Å². The Morgan fingerprint density at radius 1 is 1.29 bits per heavy atom. The van der Waals surface area contributed by atoms with Gasteiger partial charge in [0.25, 0.3) is 5.91 Å². The van der Waals surface area contributed by atoms with E-state index < -0.39 is 11.9 Å². The average Bonchev–Trinajstić information content (AvgIpc) is 2.99. The van der Waals surface area contributed by atoms with Crippen LogP contribution in [0.1, 0.15) is 0 Å². The van der Waals surface area contributed by atoms with Gasteiger partial charge in [0.2, 0.25) is 12.7 Å². The largest absolute Gasteiger partial charge is 0.454 e. The fraction of sp³-hybridized carbons (Fsp3) is 0.308. The molecule has 0 saturated carbocycles. The first kappa shape index (κ1) is 13.2. The summed E-state index contributed by atoms with van der Waals surface area (Å²) in [7, 11) is 1.51. The number of nitrogens with zero attached hydrogens (tertiary/aromatic N) is 2. The van der Waals surface area contributed by atoms with Crippen molar-refractivity contribution in [3.05, 3.63) is 18.2 Å².